The first-order valence-corrected chi connectivity index (χ1v) is 10.0. The van der Waals surface area contributed by atoms with Gasteiger partial charge in [-0.3, -0.25) is 9.59 Å². The summed E-state index contributed by atoms with van der Waals surface area (Å²) in [5, 5.41) is 5.58. The van der Waals surface area contributed by atoms with Crippen LogP contribution in [0.25, 0.3) is 0 Å². The number of aryl methyl sites for hydroxylation is 2. The van der Waals surface area contributed by atoms with Gasteiger partial charge in [0.15, 0.2) is 6.61 Å². The van der Waals surface area contributed by atoms with E-state index in [2.05, 4.69) is 10.6 Å². The molecule has 7 nitrogen and oxygen atoms in total. The lowest BCUT2D eigenvalue weighted by atomic mass is 10.1. The molecule has 2 amide bonds. The predicted octanol–water partition coefficient (Wildman–Crippen LogP) is 4.59. The largest absolute Gasteiger partial charge is 0.494 e. The SMILES string of the molecule is COc1cc(NC(=O)c2ccccc2)c(OC)cc1NC(=O)COc1cc(C)ccc1C. The Morgan fingerprint density at radius 2 is 1.41 bits per heavy atom. The number of benzene rings is 3. The van der Waals surface area contributed by atoms with Crippen molar-refractivity contribution in [2.45, 2.75) is 13.8 Å². The number of carbonyl (C=O) groups excluding carboxylic acids is 2. The van der Waals surface area contributed by atoms with E-state index in [1.165, 1.54) is 14.2 Å². The minimum absolute atomic E-state index is 0.164. The summed E-state index contributed by atoms with van der Waals surface area (Å²) in [6.07, 6.45) is 0. The van der Waals surface area contributed by atoms with Crippen LogP contribution in [0.1, 0.15) is 21.5 Å². The molecule has 0 bridgehead atoms. The summed E-state index contributed by atoms with van der Waals surface area (Å²) < 4.78 is 16.5. The normalized spacial score (nSPS) is 10.2. The van der Waals surface area contributed by atoms with Gasteiger partial charge in [0.25, 0.3) is 11.8 Å². The molecule has 0 fully saturated rings. The van der Waals surface area contributed by atoms with Crippen LogP contribution in [0.15, 0.2) is 60.7 Å². The van der Waals surface area contributed by atoms with Crippen molar-refractivity contribution in [3.05, 3.63) is 77.4 Å². The van der Waals surface area contributed by atoms with Gasteiger partial charge in [0.1, 0.15) is 17.2 Å². The Morgan fingerprint density at radius 3 is 2.03 bits per heavy atom. The van der Waals surface area contributed by atoms with Gasteiger partial charge in [0.05, 0.1) is 25.6 Å². The van der Waals surface area contributed by atoms with Gasteiger partial charge < -0.3 is 24.8 Å². The number of hydrogen-bond acceptors (Lipinski definition) is 5. The fourth-order valence-corrected chi connectivity index (χ4v) is 3.07. The van der Waals surface area contributed by atoms with Crippen LogP contribution in [0.2, 0.25) is 0 Å². The van der Waals surface area contributed by atoms with Crippen molar-refractivity contribution >= 4 is 23.2 Å². The van der Waals surface area contributed by atoms with E-state index in [0.29, 0.717) is 34.2 Å². The first-order valence-electron chi connectivity index (χ1n) is 10.0. The Hall–Kier alpha value is -4.00. The highest BCUT2D eigenvalue weighted by Crippen LogP contribution is 2.36. The van der Waals surface area contributed by atoms with Gasteiger partial charge in [-0.15, -0.1) is 0 Å². The molecular formula is C25H26N2O5. The first kappa shape index (κ1) is 22.7. The second kappa shape index (κ2) is 10.3. The number of ether oxygens (including phenoxy) is 3. The maximum atomic E-state index is 12.5. The van der Waals surface area contributed by atoms with Crippen molar-refractivity contribution in [3.8, 4) is 17.2 Å². The molecule has 32 heavy (non-hydrogen) atoms. The molecular weight excluding hydrogens is 408 g/mol. The summed E-state index contributed by atoms with van der Waals surface area (Å²) in [4.78, 5) is 25.0. The van der Waals surface area contributed by atoms with Gasteiger partial charge in [-0.25, -0.2) is 0 Å². The first-order chi connectivity index (χ1) is 15.4. The van der Waals surface area contributed by atoms with E-state index in [-0.39, 0.29) is 18.4 Å². The third kappa shape index (κ3) is 5.57. The molecule has 2 N–H and O–H groups in total. The van der Waals surface area contributed by atoms with Crippen molar-refractivity contribution in [1.29, 1.82) is 0 Å². The van der Waals surface area contributed by atoms with Crippen LogP contribution in [0, 0.1) is 13.8 Å². The van der Waals surface area contributed by atoms with E-state index >= 15 is 0 Å². The van der Waals surface area contributed by atoms with Crippen molar-refractivity contribution in [3.63, 3.8) is 0 Å². The highest BCUT2D eigenvalue weighted by atomic mass is 16.5. The van der Waals surface area contributed by atoms with Crippen molar-refractivity contribution in [2.24, 2.45) is 0 Å². The number of hydrogen-bond donors (Lipinski definition) is 2. The van der Waals surface area contributed by atoms with E-state index in [0.717, 1.165) is 11.1 Å². The molecule has 3 aromatic carbocycles. The number of rotatable bonds is 8. The van der Waals surface area contributed by atoms with E-state index in [1.807, 2.05) is 38.1 Å². The van der Waals surface area contributed by atoms with Gasteiger partial charge in [0, 0.05) is 17.7 Å². The number of anilines is 2. The molecule has 0 aliphatic carbocycles. The molecule has 0 saturated heterocycles. The van der Waals surface area contributed by atoms with E-state index in [1.54, 1.807) is 36.4 Å². The highest BCUT2D eigenvalue weighted by Gasteiger charge is 2.16. The van der Waals surface area contributed by atoms with E-state index in [9.17, 15) is 9.59 Å². The van der Waals surface area contributed by atoms with Crippen LogP contribution < -0.4 is 24.8 Å². The summed E-state index contributed by atoms with van der Waals surface area (Å²) >= 11 is 0. The minimum Gasteiger partial charge on any atom is -0.494 e. The van der Waals surface area contributed by atoms with Crippen LogP contribution >= 0.6 is 0 Å². The predicted molar refractivity (Wildman–Crippen MR) is 124 cm³/mol. The molecule has 166 valence electrons. The molecule has 0 spiro atoms. The summed E-state index contributed by atoms with van der Waals surface area (Å²) in [6.45, 7) is 3.72. The molecule has 3 aromatic rings. The van der Waals surface area contributed by atoms with Crippen molar-refractivity contribution in [2.75, 3.05) is 31.5 Å². The van der Waals surface area contributed by atoms with Gasteiger partial charge in [-0.1, -0.05) is 30.3 Å². The van der Waals surface area contributed by atoms with Crippen LogP contribution in [0.5, 0.6) is 17.2 Å². The van der Waals surface area contributed by atoms with Crippen LogP contribution in [0.3, 0.4) is 0 Å². The Kier molecular flexibility index (Phi) is 7.33. The van der Waals surface area contributed by atoms with Crippen LogP contribution in [-0.2, 0) is 4.79 Å². The van der Waals surface area contributed by atoms with E-state index in [4.69, 9.17) is 14.2 Å². The van der Waals surface area contributed by atoms with Crippen molar-refractivity contribution < 1.29 is 23.8 Å². The zero-order valence-corrected chi connectivity index (χ0v) is 18.5. The highest BCUT2D eigenvalue weighted by molar-refractivity contribution is 6.05. The molecule has 0 aromatic heterocycles. The molecule has 7 heteroatoms. The molecule has 0 aliphatic rings. The topological polar surface area (TPSA) is 85.9 Å². The lowest BCUT2D eigenvalue weighted by Gasteiger charge is -2.16. The Labute approximate surface area is 187 Å². The Balaban J connectivity index is 1.74. The lowest BCUT2D eigenvalue weighted by molar-refractivity contribution is -0.118. The van der Waals surface area contributed by atoms with Gasteiger partial charge >= 0.3 is 0 Å². The molecule has 0 atom stereocenters. The smallest absolute Gasteiger partial charge is 0.262 e. The second-order valence-electron chi connectivity index (χ2n) is 7.18. The number of methoxy groups -OCH3 is 2. The standard InChI is InChI=1S/C25H26N2O5/c1-16-10-11-17(2)21(12-16)32-15-24(28)26-19-13-23(31-4)20(14-22(19)30-3)27-25(29)18-8-6-5-7-9-18/h5-14H,15H2,1-4H3,(H,26,28)(H,27,29). The zero-order chi connectivity index (χ0) is 23.1. The van der Waals surface area contributed by atoms with Gasteiger partial charge in [-0.2, -0.15) is 0 Å². The number of nitrogens with one attached hydrogen (secondary N) is 2. The van der Waals surface area contributed by atoms with E-state index < -0.39 is 0 Å². The maximum Gasteiger partial charge on any atom is 0.262 e. The van der Waals surface area contributed by atoms with Gasteiger partial charge in [-0.05, 0) is 43.2 Å². The Bertz CT molecular complexity index is 1110. The second-order valence-corrected chi connectivity index (χ2v) is 7.18. The fraction of sp³-hybridized carbons (Fsp3) is 0.200. The maximum absolute atomic E-state index is 12.5. The van der Waals surface area contributed by atoms with Gasteiger partial charge in [0.2, 0.25) is 0 Å². The molecule has 3 rings (SSSR count). The Morgan fingerprint density at radius 1 is 0.781 bits per heavy atom. The molecule has 0 aliphatic heterocycles. The molecule has 0 radical (unpaired) electrons. The molecule has 0 saturated carbocycles. The summed E-state index contributed by atoms with van der Waals surface area (Å²) in [5.41, 5.74) is 3.32. The van der Waals surface area contributed by atoms with Crippen LogP contribution in [0.4, 0.5) is 11.4 Å². The summed E-state index contributed by atoms with van der Waals surface area (Å²) in [7, 11) is 2.96. The quantitative estimate of drug-likeness (QED) is 0.542. The third-order valence-corrected chi connectivity index (χ3v) is 4.78. The minimum atomic E-state index is -0.354. The average Bonchev–Trinajstić information content (AvgIpc) is 2.80. The van der Waals surface area contributed by atoms with Crippen molar-refractivity contribution in [1.82, 2.24) is 0 Å². The third-order valence-electron chi connectivity index (χ3n) is 4.78. The summed E-state index contributed by atoms with van der Waals surface area (Å²) in [6, 6.07) is 17.8. The monoisotopic (exact) mass is 434 g/mol. The lowest BCUT2D eigenvalue weighted by Crippen LogP contribution is -2.21. The van der Waals surface area contributed by atoms with Crippen LogP contribution in [-0.4, -0.2) is 32.6 Å². The average molecular weight is 434 g/mol. The number of amides is 2. The molecule has 0 unspecified atom stereocenters. The molecule has 0 heterocycles. The zero-order valence-electron chi connectivity index (χ0n) is 18.5. The summed E-state index contributed by atoms with van der Waals surface area (Å²) in [5.74, 6) is 0.760. The fourth-order valence-electron chi connectivity index (χ4n) is 3.07. The number of carbonyl (C=O) groups is 2.